The Morgan fingerprint density at radius 1 is 1.27 bits per heavy atom. The molecule has 7 heteroatoms. The summed E-state index contributed by atoms with van der Waals surface area (Å²) in [5.41, 5.74) is 2.22. The highest BCUT2D eigenvalue weighted by atomic mass is 35.5. The Kier molecular flexibility index (Phi) is 5.63. The van der Waals surface area contributed by atoms with Crippen molar-refractivity contribution in [1.82, 2.24) is 20.4 Å². The molecule has 2 bridgehead atoms. The lowest BCUT2D eigenvalue weighted by Crippen LogP contribution is -2.48. The average Bonchev–Trinajstić information content (AvgIpc) is 3.18. The molecule has 2 aliphatic heterocycles. The van der Waals surface area contributed by atoms with Crippen LogP contribution in [-0.2, 0) is 6.42 Å². The third kappa shape index (κ3) is 3.62. The molecule has 2 N–H and O–H groups in total. The van der Waals surface area contributed by atoms with Gasteiger partial charge in [0.1, 0.15) is 5.82 Å². The SMILES string of the molecule is CCc1c(C(=O)NC2CC3CCC(C2)N3)cnn1-c1ccc(F)cc1.Cl. The van der Waals surface area contributed by atoms with Crippen LogP contribution < -0.4 is 10.6 Å². The molecule has 3 heterocycles. The summed E-state index contributed by atoms with van der Waals surface area (Å²) < 4.78 is 14.9. The van der Waals surface area contributed by atoms with Gasteiger partial charge in [0, 0.05) is 18.1 Å². The van der Waals surface area contributed by atoms with E-state index in [4.69, 9.17) is 0 Å². The molecule has 1 amide bonds. The molecular weight excluding hydrogens is 355 g/mol. The van der Waals surface area contributed by atoms with E-state index in [-0.39, 0.29) is 30.2 Å². The van der Waals surface area contributed by atoms with Gasteiger partial charge < -0.3 is 10.6 Å². The summed E-state index contributed by atoms with van der Waals surface area (Å²) in [5, 5.41) is 11.1. The van der Waals surface area contributed by atoms with Crippen molar-refractivity contribution in [2.75, 3.05) is 0 Å². The monoisotopic (exact) mass is 378 g/mol. The number of hydrogen-bond donors (Lipinski definition) is 2. The van der Waals surface area contributed by atoms with Gasteiger partial charge >= 0.3 is 0 Å². The molecule has 1 aromatic carbocycles. The van der Waals surface area contributed by atoms with Crippen molar-refractivity contribution < 1.29 is 9.18 Å². The number of rotatable bonds is 4. The van der Waals surface area contributed by atoms with Crippen molar-refractivity contribution in [3.8, 4) is 5.69 Å². The summed E-state index contributed by atoms with van der Waals surface area (Å²) in [7, 11) is 0. The Morgan fingerprint density at radius 3 is 2.54 bits per heavy atom. The molecule has 4 rings (SSSR count). The molecule has 2 unspecified atom stereocenters. The number of carbonyl (C=O) groups is 1. The second-order valence-corrected chi connectivity index (χ2v) is 7.03. The first-order chi connectivity index (χ1) is 12.1. The van der Waals surface area contributed by atoms with Crippen LogP contribution in [0, 0.1) is 5.82 Å². The van der Waals surface area contributed by atoms with E-state index < -0.39 is 0 Å². The highest BCUT2D eigenvalue weighted by Gasteiger charge is 2.34. The molecule has 2 aliphatic rings. The van der Waals surface area contributed by atoms with E-state index in [0.717, 1.165) is 24.2 Å². The first kappa shape index (κ1) is 18.9. The number of aromatic nitrogens is 2. The predicted octanol–water partition coefficient (Wildman–Crippen LogP) is 3.01. The fourth-order valence-electron chi connectivity index (χ4n) is 4.15. The number of benzene rings is 1. The Hall–Kier alpha value is -1.92. The Morgan fingerprint density at radius 2 is 1.92 bits per heavy atom. The molecule has 2 saturated heterocycles. The van der Waals surface area contributed by atoms with Crippen molar-refractivity contribution >= 4 is 18.3 Å². The van der Waals surface area contributed by atoms with Crippen LogP contribution in [0.3, 0.4) is 0 Å². The minimum absolute atomic E-state index is 0. The van der Waals surface area contributed by atoms with Gasteiger partial charge in [-0.1, -0.05) is 6.92 Å². The molecule has 140 valence electrons. The highest BCUT2D eigenvalue weighted by Crippen LogP contribution is 2.27. The van der Waals surface area contributed by atoms with E-state index in [1.807, 2.05) is 6.92 Å². The van der Waals surface area contributed by atoms with E-state index in [2.05, 4.69) is 15.7 Å². The molecule has 2 atom stereocenters. The standard InChI is InChI=1S/C19H23FN4O.ClH/c1-2-18-17(11-21-24(18)16-7-3-12(20)4-8-16)19(25)23-15-9-13-5-6-14(10-15)22-13;/h3-4,7-8,11,13-15,22H,2,5-6,9-10H2,1H3,(H,23,25);1H. The van der Waals surface area contributed by atoms with Crippen molar-refractivity contribution in [1.29, 1.82) is 0 Å². The van der Waals surface area contributed by atoms with Crippen LogP contribution in [0.4, 0.5) is 4.39 Å². The number of amides is 1. The second kappa shape index (κ2) is 7.76. The first-order valence-corrected chi connectivity index (χ1v) is 9.03. The van der Waals surface area contributed by atoms with Crippen molar-refractivity contribution in [2.45, 2.75) is 57.2 Å². The van der Waals surface area contributed by atoms with Crippen molar-refractivity contribution in [3.63, 3.8) is 0 Å². The van der Waals surface area contributed by atoms with Gasteiger partial charge in [0.05, 0.1) is 23.1 Å². The van der Waals surface area contributed by atoms with Crippen LogP contribution in [0.25, 0.3) is 5.69 Å². The molecule has 26 heavy (non-hydrogen) atoms. The smallest absolute Gasteiger partial charge is 0.254 e. The third-order valence-electron chi connectivity index (χ3n) is 5.33. The fraction of sp³-hybridized carbons (Fsp3) is 0.474. The molecule has 0 spiro atoms. The number of nitrogens with one attached hydrogen (secondary N) is 2. The van der Waals surface area contributed by atoms with Crippen LogP contribution in [0.5, 0.6) is 0 Å². The first-order valence-electron chi connectivity index (χ1n) is 9.03. The fourth-order valence-corrected chi connectivity index (χ4v) is 4.15. The quantitative estimate of drug-likeness (QED) is 0.859. The molecule has 0 aliphatic carbocycles. The molecule has 1 aromatic heterocycles. The predicted molar refractivity (Wildman–Crippen MR) is 101 cm³/mol. The Balaban J connectivity index is 0.00000196. The maximum absolute atomic E-state index is 13.1. The van der Waals surface area contributed by atoms with E-state index in [1.165, 1.54) is 25.0 Å². The number of nitrogens with zero attached hydrogens (tertiary/aromatic N) is 2. The largest absolute Gasteiger partial charge is 0.349 e. The van der Waals surface area contributed by atoms with Crippen molar-refractivity contribution in [2.24, 2.45) is 0 Å². The van der Waals surface area contributed by atoms with Crippen LogP contribution in [0.1, 0.15) is 48.7 Å². The van der Waals surface area contributed by atoms with Gasteiger partial charge in [0.25, 0.3) is 5.91 Å². The van der Waals surface area contributed by atoms with Crippen molar-refractivity contribution in [3.05, 3.63) is 47.5 Å². The minimum atomic E-state index is -0.285. The minimum Gasteiger partial charge on any atom is -0.349 e. The van der Waals surface area contributed by atoms with Gasteiger partial charge in [0.2, 0.25) is 0 Å². The zero-order valence-electron chi connectivity index (χ0n) is 14.7. The van der Waals surface area contributed by atoms with E-state index in [9.17, 15) is 9.18 Å². The van der Waals surface area contributed by atoms with Crippen LogP contribution in [-0.4, -0.2) is 33.8 Å². The maximum atomic E-state index is 13.1. The van der Waals surface area contributed by atoms with E-state index in [1.54, 1.807) is 23.0 Å². The van der Waals surface area contributed by atoms with Crippen LogP contribution in [0.2, 0.25) is 0 Å². The van der Waals surface area contributed by atoms with Crippen LogP contribution in [0.15, 0.2) is 30.5 Å². The lowest BCUT2D eigenvalue weighted by molar-refractivity contribution is 0.0923. The number of hydrogen-bond acceptors (Lipinski definition) is 3. The lowest BCUT2D eigenvalue weighted by atomic mass is 9.99. The summed E-state index contributed by atoms with van der Waals surface area (Å²) in [6, 6.07) is 7.46. The molecular formula is C19H24ClFN4O. The molecule has 5 nitrogen and oxygen atoms in total. The summed E-state index contributed by atoms with van der Waals surface area (Å²) >= 11 is 0. The number of fused-ring (bicyclic) bond motifs is 2. The topological polar surface area (TPSA) is 59.0 Å². The summed E-state index contributed by atoms with van der Waals surface area (Å²) in [6.45, 7) is 2.00. The van der Waals surface area contributed by atoms with Gasteiger partial charge in [-0.05, 0) is 56.4 Å². The number of piperidine rings is 1. The van der Waals surface area contributed by atoms with Gasteiger partial charge in [0.15, 0.2) is 0 Å². The number of halogens is 2. The summed E-state index contributed by atoms with van der Waals surface area (Å²) in [6.07, 6.45) is 6.70. The zero-order chi connectivity index (χ0) is 17.4. The summed E-state index contributed by atoms with van der Waals surface area (Å²) in [5.74, 6) is -0.344. The molecule has 2 aromatic rings. The van der Waals surface area contributed by atoms with E-state index in [0.29, 0.717) is 24.1 Å². The average molecular weight is 379 g/mol. The van der Waals surface area contributed by atoms with Gasteiger partial charge in [-0.25, -0.2) is 9.07 Å². The Bertz CT molecular complexity index is 764. The normalized spacial score (nSPS) is 24.2. The molecule has 2 fully saturated rings. The van der Waals surface area contributed by atoms with Gasteiger partial charge in [-0.2, -0.15) is 5.10 Å². The lowest BCUT2D eigenvalue weighted by Gasteiger charge is -2.29. The maximum Gasteiger partial charge on any atom is 0.254 e. The third-order valence-corrected chi connectivity index (χ3v) is 5.33. The second-order valence-electron chi connectivity index (χ2n) is 7.03. The van der Waals surface area contributed by atoms with Gasteiger partial charge in [-0.3, -0.25) is 4.79 Å². The molecule has 0 saturated carbocycles. The summed E-state index contributed by atoms with van der Waals surface area (Å²) in [4.78, 5) is 12.8. The number of carbonyl (C=O) groups excluding carboxylic acids is 1. The molecule has 0 radical (unpaired) electrons. The zero-order valence-corrected chi connectivity index (χ0v) is 15.6. The van der Waals surface area contributed by atoms with Crippen LogP contribution >= 0.6 is 12.4 Å². The van der Waals surface area contributed by atoms with Gasteiger partial charge in [-0.15, -0.1) is 12.4 Å². The van der Waals surface area contributed by atoms with E-state index >= 15 is 0 Å². The highest BCUT2D eigenvalue weighted by molar-refractivity contribution is 5.95. The Labute approximate surface area is 158 Å².